The second kappa shape index (κ2) is 32.8. The summed E-state index contributed by atoms with van der Waals surface area (Å²) >= 11 is 2.45. The minimum absolute atomic E-state index is 0.191. The topological polar surface area (TPSA) is 38.7 Å². The number of halogens is 1. The molecule has 0 saturated heterocycles. The van der Waals surface area contributed by atoms with Crippen LogP contribution in [0.4, 0.5) is 0 Å². The van der Waals surface area contributed by atoms with Crippen LogP contribution in [-0.4, -0.2) is 34.5 Å². The molecule has 0 radical (unpaired) electrons. The molecule has 0 aliphatic carbocycles. The van der Waals surface area contributed by atoms with E-state index in [0.717, 1.165) is 25.0 Å². The Hall–Kier alpha value is -0.170. The van der Waals surface area contributed by atoms with Gasteiger partial charge in [-0.15, -0.1) is 0 Å². The zero-order chi connectivity index (χ0) is 31.8. The number of hydrogen-bond acceptors (Lipinski definition) is 3. The Balaban J connectivity index is 2.18. The largest absolute Gasteiger partial charge is 0.389 e. The van der Waals surface area contributed by atoms with Gasteiger partial charge in [0, 0.05) is 10.5 Å². The van der Waals surface area contributed by atoms with E-state index in [1.165, 1.54) is 154 Å². The number of hydrogen-bond donors (Lipinski definition) is 1. The Labute approximate surface area is 288 Å². The minimum atomic E-state index is -0.501. The van der Waals surface area contributed by atoms with Gasteiger partial charge in [0.05, 0.1) is 19.3 Å². The molecule has 44 heavy (non-hydrogen) atoms. The van der Waals surface area contributed by atoms with Crippen molar-refractivity contribution in [3.63, 3.8) is 0 Å². The first kappa shape index (κ1) is 41.9. The van der Waals surface area contributed by atoms with Crippen molar-refractivity contribution in [1.82, 2.24) is 0 Å². The molecular weight excluding hydrogens is 655 g/mol. The van der Waals surface area contributed by atoms with Crippen LogP contribution >= 0.6 is 22.6 Å². The summed E-state index contributed by atoms with van der Waals surface area (Å²) in [4.78, 5) is 0. The molecule has 0 aromatic heterocycles. The zero-order valence-corrected chi connectivity index (χ0v) is 31.4. The molecule has 3 unspecified atom stereocenters. The lowest BCUT2D eigenvalue weighted by molar-refractivity contribution is -0.0857. The predicted molar refractivity (Wildman–Crippen MR) is 201 cm³/mol. The summed E-state index contributed by atoms with van der Waals surface area (Å²) in [6.45, 7) is 6.34. The Morgan fingerprint density at radius 3 is 1.43 bits per heavy atom. The van der Waals surface area contributed by atoms with Gasteiger partial charge in [-0.05, 0) is 18.4 Å². The van der Waals surface area contributed by atoms with E-state index in [1.807, 2.05) is 18.2 Å². The second-order valence-electron chi connectivity index (χ2n) is 13.3. The average Bonchev–Trinajstić information content (AvgIpc) is 3.04. The number of unbranched alkanes of at least 4 members (excludes halogenated alkanes) is 23. The number of aliphatic hydroxyl groups is 1. The van der Waals surface area contributed by atoms with Gasteiger partial charge < -0.3 is 14.6 Å². The van der Waals surface area contributed by atoms with Crippen LogP contribution in [0.25, 0.3) is 0 Å². The maximum absolute atomic E-state index is 11.2. The normalized spacial score (nSPS) is 13.7. The molecule has 4 heteroatoms. The van der Waals surface area contributed by atoms with Gasteiger partial charge in [-0.1, -0.05) is 221 Å². The van der Waals surface area contributed by atoms with E-state index >= 15 is 0 Å². The Kier molecular flexibility index (Phi) is 31.2. The summed E-state index contributed by atoms with van der Waals surface area (Å²) < 4.78 is 12.5. The molecule has 1 rings (SSSR count). The summed E-state index contributed by atoms with van der Waals surface area (Å²) in [7, 11) is 0. The smallest absolute Gasteiger partial charge is 0.108 e. The second-order valence-corrected chi connectivity index (χ2v) is 14.9. The fraction of sp³-hybridized carbons (Fsp3) is 0.850. The molecule has 0 spiro atoms. The van der Waals surface area contributed by atoms with Gasteiger partial charge >= 0.3 is 0 Å². The van der Waals surface area contributed by atoms with Crippen LogP contribution in [0.2, 0.25) is 0 Å². The molecule has 0 aliphatic rings. The Morgan fingerprint density at radius 1 is 0.568 bits per heavy atom. The van der Waals surface area contributed by atoms with Crippen LogP contribution in [0.3, 0.4) is 0 Å². The molecule has 1 aromatic rings. The van der Waals surface area contributed by atoms with Gasteiger partial charge in [0.25, 0.3) is 0 Å². The van der Waals surface area contributed by atoms with E-state index in [-0.39, 0.29) is 10.0 Å². The maximum atomic E-state index is 11.2. The van der Waals surface area contributed by atoms with E-state index in [0.29, 0.717) is 13.2 Å². The van der Waals surface area contributed by atoms with Crippen molar-refractivity contribution in [2.75, 3.05) is 13.2 Å². The fourth-order valence-electron chi connectivity index (χ4n) is 6.03. The van der Waals surface area contributed by atoms with Gasteiger partial charge in [0.1, 0.15) is 6.10 Å². The van der Waals surface area contributed by atoms with E-state index < -0.39 is 6.10 Å². The first-order valence-corrected chi connectivity index (χ1v) is 20.5. The molecular formula is C40H73IO3. The molecule has 0 heterocycles. The van der Waals surface area contributed by atoms with Crippen molar-refractivity contribution in [1.29, 1.82) is 0 Å². The molecule has 1 aromatic carbocycles. The summed E-state index contributed by atoms with van der Waals surface area (Å²) in [5.74, 6) is 0. The highest BCUT2D eigenvalue weighted by atomic mass is 127. The van der Waals surface area contributed by atoms with Crippen molar-refractivity contribution < 1.29 is 14.6 Å². The molecule has 3 atom stereocenters. The number of benzene rings is 1. The molecule has 0 aliphatic heterocycles. The van der Waals surface area contributed by atoms with Crippen molar-refractivity contribution in [3.05, 3.63) is 35.9 Å². The lowest BCUT2D eigenvalue weighted by Gasteiger charge is -2.27. The standard InChI is InChI=1S/C40H73IO3/c1-3-5-7-9-11-13-15-17-19-21-23-25-30-34-43-36-39(44-35-37-31-27-26-28-32-37)40(42)38(41)33-29-24-22-20-18-16-14-12-10-8-6-4-2/h26-28,31-32,38-40,42H,3-25,29-30,33-36H2,1-2H3. The van der Waals surface area contributed by atoms with Crippen LogP contribution in [0.5, 0.6) is 0 Å². The first-order valence-electron chi connectivity index (χ1n) is 19.2. The lowest BCUT2D eigenvalue weighted by atomic mass is 10.0. The van der Waals surface area contributed by atoms with Crippen molar-refractivity contribution >= 4 is 22.6 Å². The minimum Gasteiger partial charge on any atom is -0.389 e. The summed E-state index contributed by atoms with van der Waals surface area (Å²) in [5.41, 5.74) is 1.15. The Bertz CT molecular complexity index is 684. The molecule has 0 amide bonds. The number of aliphatic hydroxyl groups excluding tert-OH is 1. The summed E-state index contributed by atoms with van der Waals surface area (Å²) in [6, 6.07) is 10.3. The van der Waals surface area contributed by atoms with Crippen molar-refractivity contribution in [2.24, 2.45) is 0 Å². The SMILES string of the molecule is CCCCCCCCCCCCCCCOCC(OCc1ccccc1)C(O)C(I)CCCCCCCCCCCCCC. The van der Waals surface area contributed by atoms with E-state index in [2.05, 4.69) is 48.6 Å². The van der Waals surface area contributed by atoms with Crippen LogP contribution in [0.1, 0.15) is 186 Å². The fourth-order valence-corrected chi connectivity index (χ4v) is 6.93. The van der Waals surface area contributed by atoms with E-state index in [1.54, 1.807) is 0 Å². The van der Waals surface area contributed by atoms with Crippen LogP contribution in [0.15, 0.2) is 30.3 Å². The zero-order valence-electron chi connectivity index (χ0n) is 29.3. The highest BCUT2D eigenvalue weighted by Crippen LogP contribution is 2.22. The molecule has 3 nitrogen and oxygen atoms in total. The van der Waals surface area contributed by atoms with Gasteiger partial charge in [-0.3, -0.25) is 0 Å². The highest BCUT2D eigenvalue weighted by molar-refractivity contribution is 14.1. The number of ether oxygens (including phenoxy) is 2. The van der Waals surface area contributed by atoms with Crippen LogP contribution < -0.4 is 0 Å². The third kappa shape index (κ3) is 26.0. The van der Waals surface area contributed by atoms with Gasteiger partial charge in [0.2, 0.25) is 0 Å². The maximum Gasteiger partial charge on any atom is 0.108 e. The summed E-state index contributed by atoms with van der Waals surface area (Å²) in [6.07, 6.45) is 34.3. The molecule has 0 fully saturated rings. The Morgan fingerprint density at radius 2 is 0.977 bits per heavy atom. The molecule has 0 bridgehead atoms. The number of rotatable bonds is 34. The van der Waals surface area contributed by atoms with Gasteiger partial charge in [-0.25, -0.2) is 0 Å². The number of alkyl halides is 1. The monoisotopic (exact) mass is 728 g/mol. The summed E-state index contributed by atoms with van der Waals surface area (Å²) in [5, 5.41) is 11.2. The first-order chi connectivity index (χ1) is 21.7. The average molecular weight is 729 g/mol. The molecule has 1 N–H and O–H groups in total. The van der Waals surface area contributed by atoms with Gasteiger partial charge in [-0.2, -0.15) is 0 Å². The third-order valence-corrected chi connectivity index (χ3v) is 10.4. The van der Waals surface area contributed by atoms with E-state index in [4.69, 9.17) is 9.47 Å². The van der Waals surface area contributed by atoms with Crippen LogP contribution in [0, 0.1) is 0 Å². The lowest BCUT2D eigenvalue weighted by Crippen LogP contribution is -2.39. The van der Waals surface area contributed by atoms with Crippen LogP contribution in [-0.2, 0) is 16.1 Å². The van der Waals surface area contributed by atoms with Crippen molar-refractivity contribution in [3.8, 4) is 0 Å². The predicted octanol–water partition coefficient (Wildman–Crippen LogP) is 12.9. The van der Waals surface area contributed by atoms with Gasteiger partial charge in [0.15, 0.2) is 0 Å². The van der Waals surface area contributed by atoms with E-state index in [9.17, 15) is 5.11 Å². The quantitative estimate of drug-likeness (QED) is 0.0436. The molecule has 258 valence electrons. The third-order valence-electron chi connectivity index (χ3n) is 9.07. The van der Waals surface area contributed by atoms with Crippen molar-refractivity contribution in [2.45, 2.75) is 204 Å². The molecule has 0 saturated carbocycles. The highest BCUT2D eigenvalue weighted by Gasteiger charge is 2.27.